The van der Waals surface area contributed by atoms with Gasteiger partial charge in [-0.2, -0.15) is 0 Å². The minimum Gasteiger partial charge on any atom is -0.508 e. The lowest BCUT2D eigenvalue weighted by Gasteiger charge is -2.16. The molecule has 3 N–H and O–H groups in total. The van der Waals surface area contributed by atoms with Crippen molar-refractivity contribution in [3.63, 3.8) is 0 Å². The lowest BCUT2D eigenvalue weighted by Crippen LogP contribution is -2.19. The van der Waals surface area contributed by atoms with Gasteiger partial charge in [-0.3, -0.25) is 4.57 Å². The number of rotatable bonds is 6. The molecule has 2 aromatic carbocycles. The third kappa shape index (κ3) is 5.30. The Kier molecular flexibility index (Phi) is 5.88. The number of hydrogen-bond donors (Lipinski definition) is 3. The maximum atomic E-state index is 10.9. The van der Waals surface area contributed by atoms with E-state index in [9.17, 15) is 9.67 Å². The lowest BCUT2D eigenvalue weighted by molar-refractivity contribution is 0.300. The molecule has 0 aliphatic carbocycles. The van der Waals surface area contributed by atoms with Crippen molar-refractivity contribution in [2.45, 2.75) is 19.8 Å². The first-order chi connectivity index (χ1) is 11.6. The summed E-state index contributed by atoms with van der Waals surface area (Å²) in [5.74, 6) is 2.02. The SMILES string of the molecule is Bc1cc(OCP(=O)(O)O)cc(B)c1Oc1ccc(O)c(C(C)C)c1. The average molecular weight is 362 g/mol. The normalized spacial score (nSPS) is 11.6. The fourth-order valence-electron chi connectivity index (χ4n) is 2.49. The van der Waals surface area contributed by atoms with E-state index < -0.39 is 13.9 Å². The molecule has 0 heterocycles. The van der Waals surface area contributed by atoms with E-state index in [1.165, 1.54) is 0 Å². The van der Waals surface area contributed by atoms with Crippen LogP contribution in [-0.2, 0) is 4.57 Å². The predicted molar refractivity (Wildman–Crippen MR) is 103 cm³/mol. The molecule has 0 bridgehead atoms. The van der Waals surface area contributed by atoms with E-state index >= 15 is 0 Å². The first-order valence-electron chi connectivity index (χ1n) is 7.86. The summed E-state index contributed by atoms with van der Waals surface area (Å²) in [6.07, 6.45) is -0.665. The summed E-state index contributed by atoms with van der Waals surface area (Å²) in [6, 6.07) is 8.44. The molecular weight excluding hydrogens is 341 g/mol. The molecule has 0 saturated heterocycles. The maximum Gasteiger partial charge on any atom is 0.362 e. The van der Waals surface area contributed by atoms with Gasteiger partial charge in [0.15, 0.2) is 6.35 Å². The van der Waals surface area contributed by atoms with Gasteiger partial charge >= 0.3 is 7.60 Å². The van der Waals surface area contributed by atoms with Gasteiger partial charge in [0.1, 0.15) is 38.7 Å². The van der Waals surface area contributed by atoms with Gasteiger partial charge in [-0.15, -0.1) is 0 Å². The first kappa shape index (κ1) is 19.4. The van der Waals surface area contributed by atoms with E-state index in [2.05, 4.69) is 0 Å². The van der Waals surface area contributed by atoms with Crippen LogP contribution in [0.25, 0.3) is 0 Å². The molecule has 2 aromatic rings. The third-order valence-corrected chi connectivity index (χ3v) is 4.14. The monoisotopic (exact) mass is 362 g/mol. The van der Waals surface area contributed by atoms with Crippen molar-refractivity contribution in [1.82, 2.24) is 0 Å². The number of benzene rings is 2. The molecule has 0 saturated carbocycles. The van der Waals surface area contributed by atoms with Crippen LogP contribution in [0.1, 0.15) is 25.3 Å². The Bertz CT molecular complexity index is 795. The molecule has 6 nitrogen and oxygen atoms in total. The van der Waals surface area contributed by atoms with Crippen LogP contribution in [0.5, 0.6) is 23.0 Å². The summed E-state index contributed by atoms with van der Waals surface area (Å²) in [4.78, 5) is 17.8. The molecular formula is C16H21B2O6P. The second kappa shape index (κ2) is 7.56. The molecule has 25 heavy (non-hydrogen) atoms. The van der Waals surface area contributed by atoms with Crippen LogP contribution in [-0.4, -0.2) is 36.9 Å². The van der Waals surface area contributed by atoms with Crippen LogP contribution in [0.15, 0.2) is 30.3 Å². The van der Waals surface area contributed by atoms with Crippen LogP contribution in [0.3, 0.4) is 0 Å². The standard InChI is InChI=1S/C16H21B2O6P/c1-9(2)12-5-10(3-4-15(12)19)24-16-13(17)6-11(7-14(16)18)23-8-25(20,21)22/h3-7,9,19H,8,17-18H2,1-2H3,(H2,20,21,22). The molecule has 0 amide bonds. The third-order valence-electron chi connectivity index (χ3n) is 3.67. The van der Waals surface area contributed by atoms with E-state index in [0.717, 1.165) is 16.5 Å². The summed E-state index contributed by atoms with van der Waals surface area (Å²) in [5, 5.41) is 9.91. The second-order valence-electron chi connectivity index (χ2n) is 6.30. The molecule has 2 rings (SSSR count). The van der Waals surface area contributed by atoms with Crippen molar-refractivity contribution < 1.29 is 28.9 Å². The molecule has 0 radical (unpaired) electrons. The second-order valence-corrected chi connectivity index (χ2v) is 7.89. The van der Waals surface area contributed by atoms with Crippen molar-refractivity contribution >= 4 is 34.2 Å². The van der Waals surface area contributed by atoms with Crippen molar-refractivity contribution in [2.24, 2.45) is 0 Å². The lowest BCUT2D eigenvalue weighted by atomic mass is 9.85. The number of hydrogen-bond acceptors (Lipinski definition) is 4. The van der Waals surface area contributed by atoms with Gasteiger partial charge in [0.2, 0.25) is 0 Å². The molecule has 0 unspecified atom stereocenters. The Hall–Kier alpha value is -1.88. The predicted octanol–water partition coefficient (Wildman–Crippen LogP) is 0.339. The quantitative estimate of drug-likeness (QED) is 0.507. The summed E-state index contributed by atoms with van der Waals surface area (Å²) in [7, 11) is -0.565. The van der Waals surface area contributed by atoms with Crippen LogP contribution in [0, 0.1) is 0 Å². The Morgan fingerprint density at radius 1 is 1.08 bits per heavy atom. The highest BCUT2D eigenvalue weighted by Crippen LogP contribution is 2.35. The minimum atomic E-state index is -4.22. The van der Waals surface area contributed by atoms with Gasteiger partial charge in [0.05, 0.1) is 0 Å². The topological polar surface area (TPSA) is 96.2 Å². The first-order valence-corrected chi connectivity index (χ1v) is 9.66. The van der Waals surface area contributed by atoms with Crippen LogP contribution < -0.4 is 20.4 Å². The van der Waals surface area contributed by atoms with Crippen molar-refractivity contribution in [1.29, 1.82) is 0 Å². The number of ether oxygens (including phenoxy) is 2. The fourth-order valence-corrected chi connectivity index (χ4v) is 2.81. The Morgan fingerprint density at radius 2 is 1.68 bits per heavy atom. The minimum absolute atomic E-state index is 0.161. The van der Waals surface area contributed by atoms with Gasteiger partial charge < -0.3 is 24.4 Å². The molecule has 0 fully saturated rings. The number of aromatic hydroxyl groups is 1. The highest BCUT2D eigenvalue weighted by atomic mass is 31.2. The summed E-state index contributed by atoms with van der Waals surface area (Å²) >= 11 is 0. The average Bonchev–Trinajstić information content (AvgIpc) is 2.49. The van der Waals surface area contributed by atoms with E-state index in [1.807, 2.05) is 29.5 Å². The van der Waals surface area contributed by atoms with E-state index in [-0.39, 0.29) is 11.7 Å². The van der Waals surface area contributed by atoms with Crippen molar-refractivity contribution in [2.75, 3.05) is 6.35 Å². The Balaban J connectivity index is 2.26. The summed E-state index contributed by atoms with van der Waals surface area (Å²) < 4.78 is 22.0. The molecule has 132 valence electrons. The van der Waals surface area contributed by atoms with Gasteiger partial charge in [-0.1, -0.05) is 13.8 Å². The van der Waals surface area contributed by atoms with E-state index in [0.29, 0.717) is 17.2 Å². The zero-order valence-corrected chi connectivity index (χ0v) is 15.6. The van der Waals surface area contributed by atoms with Crippen molar-refractivity contribution in [3.05, 3.63) is 35.9 Å². The molecule has 0 spiro atoms. The molecule has 0 atom stereocenters. The maximum absolute atomic E-state index is 10.9. The van der Waals surface area contributed by atoms with Crippen LogP contribution in [0.2, 0.25) is 0 Å². The highest BCUT2D eigenvalue weighted by molar-refractivity contribution is 7.51. The van der Waals surface area contributed by atoms with Crippen LogP contribution >= 0.6 is 7.60 Å². The molecule has 9 heteroatoms. The van der Waals surface area contributed by atoms with Crippen LogP contribution in [0.4, 0.5) is 0 Å². The van der Waals surface area contributed by atoms with Crippen molar-refractivity contribution in [3.8, 4) is 23.0 Å². The van der Waals surface area contributed by atoms with Gasteiger partial charge in [-0.25, -0.2) is 0 Å². The largest absolute Gasteiger partial charge is 0.508 e. The Labute approximate surface area is 148 Å². The number of phenols is 1. The van der Waals surface area contributed by atoms with Gasteiger partial charge in [-0.05, 0) is 47.2 Å². The summed E-state index contributed by atoms with van der Waals surface area (Å²) in [5.41, 5.74) is 2.36. The Morgan fingerprint density at radius 3 is 2.20 bits per heavy atom. The summed E-state index contributed by atoms with van der Waals surface area (Å²) in [6.45, 7) is 3.98. The number of phenolic OH excluding ortho intramolecular Hbond substituents is 1. The van der Waals surface area contributed by atoms with Gasteiger partial charge in [0, 0.05) is 5.56 Å². The smallest absolute Gasteiger partial charge is 0.362 e. The van der Waals surface area contributed by atoms with E-state index in [4.69, 9.17) is 19.3 Å². The van der Waals surface area contributed by atoms with E-state index in [1.54, 1.807) is 30.3 Å². The zero-order valence-electron chi connectivity index (χ0n) is 14.7. The molecule has 0 aromatic heterocycles. The molecule has 0 aliphatic rings. The van der Waals surface area contributed by atoms with Gasteiger partial charge in [0.25, 0.3) is 0 Å². The zero-order chi connectivity index (χ0) is 18.8. The molecule has 0 aliphatic heterocycles. The fraction of sp³-hybridized carbons (Fsp3) is 0.250. The highest BCUT2D eigenvalue weighted by Gasteiger charge is 2.16.